The lowest BCUT2D eigenvalue weighted by Crippen LogP contribution is -2.04. The molecular weight excluding hydrogens is 268 g/mol. The van der Waals surface area contributed by atoms with Crippen LogP contribution in [-0.2, 0) is 0 Å². The fraction of sp³-hybridized carbons (Fsp3) is 0.375. The lowest BCUT2D eigenvalue weighted by Gasteiger charge is -2.11. The third kappa shape index (κ3) is 3.42. The zero-order chi connectivity index (χ0) is 15.4. The Labute approximate surface area is 124 Å². The number of aryl methyl sites for hydroxylation is 1. The number of aromatic amines is 1. The van der Waals surface area contributed by atoms with Crippen LogP contribution in [0.25, 0.3) is 11.3 Å². The van der Waals surface area contributed by atoms with Crippen LogP contribution in [0.4, 0.5) is 0 Å². The minimum Gasteiger partial charge on any atom is -0.493 e. The van der Waals surface area contributed by atoms with E-state index in [1.807, 2.05) is 24.3 Å². The van der Waals surface area contributed by atoms with Crippen molar-refractivity contribution in [1.82, 2.24) is 10.2 Å². The monoisotopic (exact) mass is 288 g/mol. The van der Waals surface area contributed by atoms with Crippen molar-refractivity contribution in [3.05, 3.63) is 35.5 Å². The normalized spacial score (nSPS) is 10.9. The number of carbonyl (C=O) groups is 1. The molecule has 0 aliphatic heterocycles. The topological polar surface area (TPSA) is 75.2 Å². The van der Waals surface area contributed by atoms with Gasteiger partial charge in [0.15, 0.2) is 0 Å². The molecule has 0 spiro atoms. The third-order valence-corrected chi connectivity index (χ3v) is 3.26. The van der Waals surface area contributed by atoms with Crippen LogP contribution in [0.2, 0.25) is 0 Å². The molecule has 0 saturated carbocycles. The van der Waals surface area contributed by atoms with Crippen molar-refractivity contribution in [3.8, 4) is 17.0 Å². The Balaban J connectivity index is 2.34. The molecule has 0 bridgehead atoms. The Morgan fingerprint density at radius 3 is 2.76 bits per heavy atom. The molecule has 2 N–H and O–H groups in total. The van der Waals surface area contributed by atoms with Gasteiger partial charge in [-0.05, 0) is 31.4 Å². The lowest BCUT2D eigenvalue weighted by molar-refractivity contribution is 0.0697. The van der Waals surface area contributed by atoms with Crippen LogP contribution in [-0.4, -0.2) is 27.9 Å². The SMILES string of the molecule is Cc1[nH]nc(-c2ccccc2OCCC(C)C)c1C(=O)O. The van der Waals surface area contributed by atoms with Gasteiger partial charge in [-0.15, -0.1) is 0 Å². The number of rotatable bonds is 6. The van der Waals surface area contributed by atoms with Gasteiger partial charge in [0.2, 0.25) is 0 Å². The summed E-state index contributed by atoms with van der Waals surface area (Å²) in [7, 11) is 0. The summed E-state index contributed by atoms with van der Waals surface area (Å²) in [5, 5.41) is 16.2. The number of H-pyrrole nitrogens is 1. The molecule has 112 valence electrons. The van der Waals surface area contributed by atoms with E-state index in [1.165, 1.54) is 0 Å². The second-order valence-corrected chi connectivity index (χ2v) is 5.40. The van der Waals surface area contributed by atoms with E-state index in [2.05, 4.69) is 24.0 Å². The van der Waals surface area contributed by atoms with Crippen molar-refractivity contribution in [3.63, 3.8) is 0 Å². The van der Waals surface area contributed by atoms with E-state index >= 15 is 0 Å². The summed E-state index contributed by atoms with van der Waals surface area (Å²) in [5.41, 5.74) is 1.84. The molecule has 5 nitrogen and oxygen atoms in total. The molecule has 0 fully saturated rings. The number of aromatic nitrogens is 2. The number of hydrogen-bond acceptors (Lipinski definition) is 3. The standard InChI is InChI=1S/C16H20N2O3/c1-10(2)8-9-21-13-7-5-4-6-12(13)15-14(16(19)20)11(3)17-18-15/h4-7,10H,8-9H2,1-3H3,(H,17,18)(H,19,20). The van der Waals surface area contributed by atoms with E-state index in [1.54, 1.807) is 6.92 Å². The molecule has 0 unspecified atom stereocenters. The average Bonchev–Trinajstić information content (AvgIpc) is 2.81. The highest BCUT2D eigenvalue weighted by Crippen LogP contribution is 2.32. The minimum absolute atomic E-state index is 0.190. The molecule has 0 amide bonds. The molecule has 5 heteroatoms. The lowest BCUT2D eigenvalue weighted by atomic mass is 10.1. The number of carboxylic acid groups (broad SMARTS) is 1. The first-order valence-corrected chi connectivity index (χ1v) is 7.01. The molecule has 1 aromatic carbocycles. The quantitative estimate of drug-likeness (QED) is 0.853. The predicted octanol–water partition coefficient (Wildman–Crippen LogP) is 3.51. The minimum atomic E-state index is -0.992. The van der Waals surface area contributed by atoms with E-state index in [-0.39, 0.29) is 5.56 Å². The summed E-state index contributed by atoms with van der Waals surface area (Å²) in [6, 6.07) is 7.38. The first-order valence-electron chi connectivity index (χ1n) is 7.01. The van der Waals surface area contributed by atoms with Crippen molar-refractivity contribution < 1.29 is 14.6 Å². The van der Waals surface area contributed by atoms with Gasteiger partial charge >= 0.3 is 5.97 Å². The largest absolute Gasteiger partial charge is 0.493 e. The number of nitrogens with zero attached hydrogens (tertiary/aromatic N) is 1. The van der Waals surface area contributed by atoms with Crippen molar-refractivity contribution in [1.29, 1.82) is 0 Å². The first-order chi connectivity index (χ1) is 10.0. The van der Waals surface area contributed by atoms with E-state index in [0.29, 0.717) is 35.2 Å². The molecule has 21 heavy (non-hydrogen) atoms. The van der Waals surface area contributed by atoms with Crippen molar-refractivity contribution in [2.24, 2.45) is 5.92 Å². The predicted molar refractivity (Wildman–Crippen MR) is 80.7 cm³/mol. The fourth-order valence-electron chi connectivity index (χ4n) is 2.08. The van der Waals surface area contributed by atoms with Gasteiger partial charge in [0.25, 0.3) is 0 Å². The van der Waals surface area contributed by atoms with Crippen LogP contribution < -0.4 is 4.74 Å². The van der Waals surface area contributed by atoms with Gasteiger partial charge in [0, 0.05) is 11.3 Å². The molecule has 0 aliphatic carbocycles. The van der Waals surface area contributed by atoms with Gasteiger partial charge in [0.05, 0.1) is 6.61 Å². The summed E-state index contributed by atoms with van der Waals surface area (Å²) in [6.45, 7) is 6.56. The zero-order valence-electron chi connectivity index (χ0n) is 12.5. The molecule has 1 heterocycles. The van der Waals surface area contributed by atoms with E-state index in [0.717, 1.165) is 6.42 Å². The van der Waals surface area contributed by atoms with Gasteiger partial charge < -0.3 is 9.84 Å². The maximum absolute atomic E-state index is 11.4. The molecular formula is C16H20N2O3. The van der Waals surface area contributed by atoms with Crippen LogP contribution in [0.15, 0.2) is 24.3 Å². The molecule has 2 aromatic rings. The Morgan fingerprint density at radius 2 is 2.10 bits per heavy atom. The summed E-state index contributed by atoms with van der Waals surface area (Å²) in [5.74, 6) is 0.222. The fourth-order valence-corrected chi connectivity index (χ4v) is 2.08. The summed E-state index contributed by atoms with van der Waals surface area (Å²) < 4.78 is 5.80. The average molecular weight is 288 g/mol. The molecule has 0 aliphatic rings. The maximum atomic E-state index is 11.4. The first kappa shape index (κ1) is 15.1. The molecule has 1 aromatic heterocycles. The van der Waals surface area contributed by atoms with Crippen LogP contribution in [0.5, 0.6) is 5.75 Å². The highest BCUT2D eigenvalue weighted by Gasteiger charge is 2.21. The summed E-state index contributed by atoms with van der Waals surface area (Å²) in [4.78, 5) is 11.4. The smallest absolute Gasteiger partial charge is 0.339 e. The molecule has 0 radical (unpaired) electrons. The van der Waals surface area contributed by atoms with Gasteiger partial charge in [0.1, 0.15) is 17.0 Å². The van der Waals surface area contributed by atoms with Crippen molar-refractivity contribution >= 4 is 5.97 Å². The number of hydrogen-bond donors (Lipinski definition) is 2. The van der Waals surface area contributed by atoms with E-state index in [4.69, 9.17) is 4.74 Å². The number of benzene rings is 1. The van der Waals surface area contributed by atoms with Crippen molar-refractivity contribution in [2.75, 3.05) is 6.61 Å². The second-order valence-electron chi connectivity index (χ2n) is 5.40. The Hall–Kier alpha value is -2.30. The number of para-hydroxylation sites is 1. The number of aromatic carboxylic acids is 1. The highest BCUT2D eigenvalue weighted by atomic mass is 16.5. The molecule has 2 rings (SSSR count). The van der Waals surface area contributed by atoms with Gasteiger partial charge in [-0.3, -0.25) is 5.10 Å². The van der Waals surface area contributed by atoms with Gasteiger partial charge in [-0.2, -0.15) is 5.10 Å². The van der Waals surface area contributed by atoms with Crippen LogP contribution in [0.3, 0.4) is 0 Å². The van der Waals surface area contributed by atoms with E-state index in [9.17, 15) is 9.90 Å². The summed E-state index contributed by atoms with van der Waals surface area (Å²) >= 11 is 0. The van der Waals surface area contributed by atoms with Crippen LogP contribution in [0, 0.1) is 12.8 Å². The number of ether oxygens (including phenoxy) is 1. The second kappa shape index (κ2) is 6.43. The highest BCUT2D eigenvalue weighted by molar-refractivity contribution is 5.96. The number of carboxylic acids is 1. The van der Waals surface area contributed by atoms with E-state index < -0.39 is 5.97 Å². The Kier molecular flexibility index (Phi) is 4.62. The van der Waals surface area contributed by atoms with Gasteiger partial charge in [-0.25, -0.2) is 4.79 Å². The summed E-state index contributed by atoms with van der Waals surface area (Å²) in [6.07, 6.45) is 0.944. The Morgan fingerprint density at radius 1 is 1.38 bits per heavy atom. The van der Waals surface area contributed by atoms with Gasteiger partial charge in [-0.1, -0.05) is 26.0 Å². The third-order valence-electron chi connectivity index (χ3n) is 3.26. The Bertz CT molecular complexity index is 632. The maximum Gasteiger partial charge on any atom is 0.339 e. The van der Waals surface area contributed by atoms with Crippen LogP contribution >= 0.6 is 0 Å². The number of nitrogens with one attached hydrogen (secondary N) is 1. The molecule has 0 saturated heterocycles. The molecule has 0 atom stereocenters. The van der Waals surface area contributed by atoms with Crippen LogP contribution in [0.1, 0.15) is 36.3 Å². The zero-order valence-corrected chi connectivity index (χ0v) is 12.5. The van der Waals surface area contributed by atoms with Crippen molar-refractivity contribution in [2.45, 2.75) is 27.2 Å².